The van der Waals surface area contributed by atoms with Crippen molar-refractivity contribution in [1.82, 2.24) is 15.6 Å². The number of aliphatic imine (C=N–C) groups is 1. The molecule has 7 nitrogen and oxygen atoms in total. The zero-order valence-electron chi connectivity index (χ0n) is 15.7. The maximum Gasteiger partial charge on any atom is 0.229 e. The number of aromatic nitrogens is 1. The summed E-state index contributed by atoms with van der Waals surface area (Å²) in [6.07, 6.45) is 0.455. The van der Waals surface area contributed by atoms with Crippen LogP contribution in [0.2, 0.25) is 0 Å². The zero-order chi connectivity index (χ0) is 18.5. The molecule has 1 aromatic carbocycles. The molecule has 0 aliphatic carbocycles. The van der Waals surface area contributed by atoms with E-state index in [2.05, 4.69) is 20.6 Å². The van der Waals surface area contributed by atoms with E-state index in [4.69, 9.17) is 0 Å². The molecule has 1 atom stereocenters. The van der Waals surface area contributed by atoms with Gasteiger partial charge in [0.25, 0.3) is 0 Å². The van der Waals surface area contributed by atoms with Crippen LogP contribution >= 0.6 is 35.3 Å². The van der Waals surface area contributed by atoms with E-state index < -0.39 is 0 Å². The van der Waals surface area contributed by atoms with Gasteiger partial charge in [-0.15, -0.1) is 35.3 Å². The second kappa shape index (κ2) is 9.88. The van der Waals surface area contributed by atoms with E-state index in [-0.39, 0.29) is 35.9 Å². The van der Waals surface area contributed by atoms with Gasteiger partial charge in [-0.3, -0.25) is 9.79 Å². The van der Waals surface area contributed by atoms with E-state index in [0.29, 0.717) is 25.5 Å². The summed E-state index contributed by atoms with van der Waals surface area (Å²) in [6, 6.07) is 9.78. The van der Waals surface area contributed by atoms with Crippen molar-refractivity contribution in [3.63, 3.8) is 0 Å². The Bertz CT molecular complexity index is 779. The molecule has 1 amide bonds. The monoisotopic (exact) mass is 500 g/mol. The lowest BCUT2D eigenvalue weighted by molar-refractivity contribution is -0.117. The van der Waals surface area contributed by atoms with E-state index in [1.54, 1.807) is 18.4 Å². The Hall–Kier alpha value is -1.88. The lowest BCUT2D eigenvalue weighted by atomic mass is 10.2. The molecule has 27 heavy (non-hydrogen) atoms. The molecule has 2 N–H and O–H groups in total. The number of nitrogens with zero attached hydrogens (tertiary/aromatic N) is 4. The minimum Gasteiger partial charge on any atom is -0.354 e. The Morgan fingerprint density at radius 3 is 2.74 bits per heavy atom. The van der Waals surface area contributed by atoms with Gasteiger partial charge in [-0.05, 0) is 12.1 Å². The maximum atomic E-state index is 12.3. The van der Waals surface area contributed by atoms with Gasteiger partial charge in [0.05, 0.1) is 18.3 Å². The molecule has 0 radical (unpaired) electrons. The number of hydrogen-bond acceptors (Lipinski definition) is 5. The van der Waals surface area contributed by atoms with Crippen LogP contribution in [0.5, 0.6) is 0 Å². The van der Waals surface area contributed by atoms with Crippen molar-refractivity contribution in [2.75, 3.05) is 37.5 Å². The second-order valence-corrected chi connectivity index (χ2v) is 7.16. The molecule has 146 valence electrons. The third-order valence-corrected chi connectivity index (χ3v) is 5.17. The summed E-state index contributed by atoms with van der Waals surface area (Å²) in [4.78, 5) is 24.9. The molecule has 1 unspecified atom stereocenters. The van der Waals surface area contributed by atoms with E-state index in [9.17, 15) is 4.79 Å². The van der Waals surface area contributed by atoms with Gasteiger partial charge < -0.3 is 20.4 Å². The Kier molecular flexibility index (Phi) is 7.84. The van der Waals surface area contributed by atoms with Gasteiger partial charge >= 0.3 is 0 Å². The van der Waals surface area contributed by atoms with Crippen molar-refractivity contribution < 1.29 is 4.79 Å². The van der Waals surface area contributed by atoms with Gasteiger partial charge in [-0.25, -0.2) is 4.98 Å². The summed E-state index contributed by atoms with van der Waals surface area (Å²) < 4.78 is 0. The van der Waals surface area contributed by atoms with E-state index in [1.807, 2.05) is 59.6 Å². The summed E-state index contributed by atoms with van der Waals surface area (Å²) in [5.41, 5.74) is 1.90. The van der Waals surface area contributed by atoms with Crippen LogP contribution in [0.4, 0.5) is 10.8 Å². The van der Waals surface area contributed by atoms with Crippen LogP contribution in [0.3, 0.4) is 0 Å². The first-order valence-electron chi connectivity index (χ1n) is 8.51. The van der Waals surface area contributed by atoms with E-state index in [1.165, 1.54) is 0 Å². The van der Waals surface area contributed by atoms with Gasteiger partial charge in [0, 0.05) is 45.2 Å². The molecular weight excluding hydrogens is 475 g/mol. The number of carbonyl (C=O) groups is 1. The van der Waals surface area contributed by atoms with Gasteiger partial charge in [0.2, 0.25) is 5.91 Å². The Labute approximate surface area is 180 Å². The second-order valence-electron chi connectivity index (χ2n) is 6.33. The molecular formula is C18H25IN6OS. The summed E-state index contributed by atoms with van der Waals surface area (Å²) in [5, 5.41) is 9.62. The minimum absolute atomic E-state index is 0. The number of halogens is 1. The molecule has 2 aromatic rings. The minimum atomic E-state index is 0. The number of nitrogens with one attached hydrogen (secondary N) is 2. The quantitative estimate of drug-likeness (QED) is 0.375. The smallest absolute Gasteiger partial charge is 0.229 e. The molecule has 3 rings (SSSR count). The normalized spacial score (nSPS) is 16.9. The number of hydrogen-bond donors (Lipinski definition) is 2. The van der Waals surface area contributed by atoms with Crippen LogP contribution in [-0.4, -0.2) is 50.6 Å². The molecule has 1 aliphatic heterocycles. The number of rotatable bonds is 5. The third-order valence-electron chi connectivity index (χ3n) is 4.12. The summed E-state index contributed by atoms with van der Waals surface area (Å²) >= 11 is 1.61. The van der Waals surface area contributed by atoms with Crippen LogP contribution in [0.15, 0.2) is 40.7 Å². The Morgan fingerprint density at radius 2 is 2.11 bits per heavy atom. The van der Waals surface area contributed by atoms with Crippen LogP contribution in [0.25, 0.3) is 0 Å². The predicted molar refractivity (Wildman–Crippen MR) is 122 cm³/mol. The highest BCUT2D eigenvalue weighted by molar-refractivity contribution is 14.0. The number of carbonyl (C=O) groups excluding carboxylic acids is 1. The lowest BCUT2D eigenvalue weighted by Gasteiger charge is -2.18. The zero-order valence-corrected chi connectivity index (χ0v) is 18.8. The number of benzene rings is 1. The number of amides is 1. The first-order chi connectivity index (χ1) is 12.6. The lowest BCUT2D eigenvalue weighted by Crippen LogP contribution is -2.44. The summed E-state index contributed by atoms with van der Waals surface area (Å²) in [7, 11) is 5.69. The fourth-order valence-electron chi connectivity index (χ4n) is 2.81. The molecule has 1 aliphatic rings. The molecule has 1 aromatic heterocycles. The van der Waals surface area contributed by atoms with Crippen LogP contribution in [-0.2, 0) is 11.3 Å². The Morgan fingerprint density at radius 1 is 1.37 bits per heavy atom. The number of para-hydroxylation sites is 1. The molecule has 9 heteroatoms. The SMILES string of the molecule is CN=C(NCc1csc(N(C)C)n1)NC1CC(=O)N(c2ccccc2)C1.I. The largest absolute Gasteiger partial charge is 0.354 e. The van der Waals surface area contributed by atoms with Crippen molar-refractivity contribution >= 4 is 58.0 Å². The van der Waals surface area contributed by atoms with Crippen LogP contribution in [0.1, 0.15) is 12.1 Å². The predicted octanol–water partition coefficient (Wildman–Crippen LogP) is 2.30. The maximum absolute atomic E-state index is 12.3. The van der Waals surface area contributed by atoms with Crippen molar-refractivity contribution in [3.8, 4) is 0 Å². The van der Waals surface area contributed by atoms with Crippen molar-refractivity contribution in [3.05, 3.63) is 41.4 Å². The molecule has 2 heterocycles. The molecule has 0 bridgehead atoms. The number of anilines is 2. The van der Waals surface area contributed by atoms with Crippen LogP contribution < -0.4 is 20.4 Å². The van der Waals surface area contributed by atoms with Gasteiger partial charge in [-0.1, -0.05) is 18.2 Å². The van der Waals surface area contributed by atoms with Crippen molar-refractivity contribution in [2.24, 2.45) is 4.99 Å². The molecule has 0 saturated carbocycles. The fraction of sp³-hybridized carbons (Fsp3) is 0.389. The standard InChI is InChI=1S/C18H24N6OS.HI/c1-19-17(20-10-14-12-26-18(22-14)23(2)3)21-13-9-16(25)24(11-13)15-7-5-4-6-8-15;/h4-8,12-13H,9-11H2,1-3H3,(H2,19,20,21);1H. The van der Waals surface area contributed by atoms with Crippen LogP contribution in [0, 0.1) is 0 Å². The summed E-state index contributed by atoms with van der Waals surface area (Å²) in [5.74, 6) is 0.802. The van der Waals surface area contributed by atoms with E-state index in [0.717, 1.165) is 16.5 Å². The first-order valence-corrected chi connectivity index (χ1v) is 9.39. The van der Waals surface area contributed by atoms with Crippen molar-refractivity contribution in [2.45, 2.75) is 19.0 Å². The molecule has 0 spiro atoms. The summed E-state index contributed by atoms with van der Waals surface area (Å²) in [6.45, 7) is 1.22. The highest BCUT2D eigenvalue weighted by atomic mass is 127. The van der Waals surface area contributed by atoms with Gasteiger partial charge in [0.15, 0.2) is 11.1 Å². The average molecular weight is 500 g/mol. The van der Waals surface area contributed by atoms with Gasteiger partial charge in [-0.2, -0.15) is 0 Å². The molecule has 1 saturated heterocycles. The highest BCUT2D eigenvalue weighted by Gasteiger charge is 2.31. The van der Waals surface area contributed by atoms with E-state index >= 15 is 0 Å². The van der Waals surface area contributed by atoms with Gasteiger partial charge in [0.1, 0.15) is 0 Å². The average Bonchev–Trinajstić information content (AvgIpc) is 3.26. The fourth-order valence-corrected chi connectivity index (χ4v) is 3.57. The number of thiazole rings is 1. The Balaban J connectivity index is 0.00000261. The van der Waals surface area contributed by atoms with Crippen molar-refractivity contribution in [1.29, 1.82) is 0 Å². The third kappa shape index (κ3) is 5.55. The first kappa shape index (κ1) is 21.4. The number of guanidine groups is 1. The molecule has 1 fully saturated rings. The topological polar surface area (TPSA) is 72.9 Å². The highest BCUT2D eigenvalue weighted by Crippen LogP contribution is 2.21.